The summed E-state index contributed by atoms with van der Waals surface area (Å²) in [4.78, 5) is 16.6. The topological polar surface area (TPSA) is 54.0 Å². The van der Waals surface area contributed by atoms with E-state index in [0.29, 0.717) is 6.04 Å². The van der Waals surface area contributed by atoms with Crippen molar-refractivity contribution in [3.05, 3.63) is 18.3 Å². The van der Waals surface area contributed by atoms with Gasteiger partial charge in [0.15, 0.2) is 0 Å². The highest BCUT2D eigenvalue weighted by Crippen LogP contribution is 2.25. The lowest BCUT2D eigenvalue weighted by molar-refractivity contribution is -0.120. The van der Waals surface area contributed by atoms with Crippen molar-refractivity contribution in [3.63, 3.8) is 0 Å². The summed E-state index contributed by atoms with van der Waals surface area (Å²) in [5.41, 5.74) is 0.808. The van der Waals surface area contributed by atoms with Crippen molar-refractivity contribution in [3.8, 4) is 0 Å². The molecular formula is C17H25N3O. The van der Waals surface area contributed by atoms with Crippen LogP contribution in [0.1, 0.15) is 57.8 Å². The number of nitrogens with one attached hydrogen (secondary N) is 2. The zero-order valence-electron chi connectivity index (χ0n) is 12.6. The van der Waals surface area contributed by atoms with Crippen LogP contribution >= 0.6 is 0 Å². The summed E-state index contributed by atoms with van der Waals surface area (Å²) in [5.74, 6) is 1.26. The second kappa shape index (κ2) is 6.92. The molecule has 2 N–H and O–H groups in total. The first-order chi connectivity index (χ1) is 10.3. The highest BCUT2D eigenvalue weighted by molar-refractivity contribution is 5.92. The van der Waals surface area contributed by atoms with Crippen LogP contribution in [0.4, 0.5) is 11.5 Å². The maximum atomic E-state index is 12.2. The summed E-state index contributed by atoms with van der Waals surface area (Å²) in [6.07, 6.45) is 12.6. The number of hydrogen-bond acceptors (Lipinski definition) is 3. The van der Waals surface area contributed by atoms with Gasteiger partial charge in [0.05, 0.1) is 11.9 Å². The minimum Gasteiger partial charge on any atom is -0.367 e. The fourth-order valence-electron chi connectivity index (χ4n) is 3.44. The molecule has 21 heavy (non-hydrogen) atoms. The molecule has 1 heterocycles. The largest absolute Gasteiger partial charge is 0.367 e. The molecule has 2 saturated carbocycles. The molecule has 1 aromatic heterocycles. The predicted octanol–water partition coefficient (Wildman–Crippen LogP) is 3.95. The van der Waals surface area contributed by atoms with E-state index in [4.69, 9.17) is 0 Å². The second-order valence-corrected chi connectivity index (χ2v) is 6.38. The van der Waals surface area contributed by atoms with E-state index < -0.39 is 0 Å². The van der Waals surface area contributed by atoms with Crippen LogP contribution in [0.25, 0.3) is 0 Å². The quantitative estimate of drug-likeness (QED) is 0.881. The average molecular weight is 287 g/mol. The maximum Gasteiger partial charge on any atom is 0.227 e. The summed E-state index contributed by atoms with van der Waals surface area (Å²) >= 11 is 0. The standard InChI is InChI=1S/C17H25N3O/c21-17(13-6-2-1-3-7-13)20-15-10-11-16(18-12-15)19-14-8-4-5-9-14/h10-14H,1-9H2,(H,18,19)(H,20,21). The first-order valence-electron chi connectivity index (χ1n) is 8.35. The molecule has 2 aliphatic rings. The van der Waals surface area contributed by atoms with Crippen LogP contribution in [-0.4, -0.2) is 16.9 Å². The summed E-state index contributed by atoms with van der Waals surface area (Å²) in [5, 5.41) is 6.46. The Morgan fingerprint density at radius 1 is 1.00 bits per heavy atom. The Hall–Kier alpha value is -1.58. The van der Waals surface area contributed by atoms with Crippen LogP contribution in [0, 0.1) is 5.92 Å². The number of amides is 1. The second-order valence-electron chi connectivity index (χ2n) is 6.38. The minimum atomic E-state index is 0.160. The lowest BCUT2D eigenvalue weighted by Crippen LogP contribution is -2.24. The van der Waals surface area contributed by atoms with Gasteiger partial charge in [-0.2, -0.15) is 0 Å². The van der Waals surface area contributed by atoms with Crippen LogP contribution in [0.2, 0.25) is 0 Å². The first-order valence-corrected chi connectivity index (χ1v) is 8.35. The molecule has 0 spiro atoms. The minimum absolute atomic E-state index is 0.160. The van der Waals surface area contributed by atoms with Gasteiger partial charge in [-0.25, -0.2) is 4.98 Å². The van der Waals surface area contributed by atoms with Crippen molar-refractivity contribution in [1.82, 2.24) is 4.98 Å². The van der Waals surface area contributed by atoms with Crippen LogP contribution in [0.15, 0.2) is 18.3 Å². The van der Waals surface area contributed by atoms with Gasteiger partial charge in [-0.1, -0.05) is 32.1 Å². The number of hydrogen-bond donors (Lipinski definition) is 2. The lowest BCUT2D eigenvalue weighted by atomic mass is 9.88. The van der Waals surface area contributed by atoms with Crippen molar-refractivity contribution < 1.29 is 4.79 Å². The molecule has 0 bridgehead atoms. The van der Waals surface area contributed by atoms with Gasteiger partial charge in [0, 0.05) is 12.0 Å². The predicted molar refractivity (Wildman–Crippen MR) is 85.3 cm³/mol. The zero-order valence-corrected chi connectivity index (χ0v) is 12.6. The SMILES string of the molecule is O=C(Nc1ccc(NC2CCCC2)nc1)C1CCCCC1. The third-order valence-electron chi connectivity index (χ3n) is 4.71. The highest BCUT2D eigenvalue weighted by Gasteiger charge is 2.21. The third-order valence-corrected chi connectivity index (χ3v) is 4.71. The molecule has 2 aliphatic carbocycles. The Morgan fingerprint density at radius 2 is 1.71 bits per heavy atom. The van der Waals surface area contributed by atoms with Gasteiger partial charge in [-0.15, -0.1) is 0 Å². The monoisotopic (exact) mass is 287 g/mol. The number of rotatable bonds is 4. The molecule has 4 nitrogen and oxygen atoms in total. The molecule has 1 aromatic rings. The van der Waals surface area contributed by atoms with Gasteiger partial charge in [-0.05, 0) is 37.8 Å². The summed E-state index contributed by atoms with van der Waals surface area (Å²) in [7, 11) is 0. The molecule has 1 amide bonds. The Bertz CT molecular complexity index is 459. The molecular weight excluding hydrogens is 262 g/mol. The van der Waals surface area contributed by atoms with E-state index in [1.807, 2.05) is 12.1 Å². The van der Waals surface area contributed by atoms with Crippen molar-refractivity contribution in [1.29, 1.82) is 0 Å². The van der Waals surface area contributed by atoms with E-state index >= 15 is 0 Å². The Morgan fingerprint density at radius 3 is 2.38 bits per heavy atom. The molecule has 0 unspecified atom stereocenters. The van der Waals surface area contributed by atoms with Gasteiger partial charge >= 0.3 is 0 Å². The lowest BCUT2D eigenvalue weighted by Gasteiger charge is -2.20. The smallest absolute Gasteiger partial charge is 0.227 e. The highest BCUT2D eigenvalue weighted by atomic mass is 16.1. The summed E-state index contributed by atoms with van der Waals surface area (Å²) in [6.45, 7) is 0. The number of pyridine rings is 1. The Labute approximate surface area is 126 Å². The van der Waals surface area contributed by atoms with Crippen LogP contribution in [0.3, 0.4) is 0 Å². The normalized spacial score (nSPS) is 20.4. The van der Waals surface area contributed by atoms with Crippen molar-refractivity contribution in [2.45, 2.75) is 63.8 Å². The van der Waals surface area contributed by atoms with Gasteiger partial charge < -0.3 is 10.6 Å². The number of nitrogens with zero attached hydrogens (tertiary/aromatic N) is 1. The maximum absolute atomic E-state index is 12.2. The Kier molecular flexibility index (Phi) is 4.73. The molecule has 3 rings (SSSR count). The summed E-state index contributed by atoms with van der Waals surface area (Å²) < 4.78 is 0. The van der Waals surface area contributed by atoms with E-state index in [9.17, 15) is 4.79 Å². The van der Waals surface area contributed by atoms with Gasteiger partial charge in [0.25, 0.3) is 0 Å². The number of carbonyl (C=O) groups is 1. The Balaban J connectivity index is 1.52. The third kappa shape index (κ3) is 3.96. The van der Waals surface area contributed by atoms with Crippen molar-refractivity contribution in [2.75, 3.05) is 10.6 Å². The van der Waals surface area contributed by atoms with Crippen LogP contribution < -0.4 is 10.6 Å². The van der Waals surface area contributed by atoms with Gasteiger partial charge in [-0.3, -0.25) is 4.79 Å². The first kappa shape index (κ1) is 14.4. The van der Waals surface area contributed by atoms with Crippen LogP contribution in [-0.2, 0) is 4.79 Å². The van der Waals surface area contributed by atoms with Gasteiger partial charge in [0.2, 0.25) is 5.91 Å². The van der Waals surface area contributed by atoms with Crippen molar-refractivity contribution >= 4 is 17.4 Å². The molecule has 0 atom stereocenters. The number of aromatic nitrogens is 1. The number of carbonyl (C=O) groups excluding carboxylic acids is 1. The summed E-state index contributed by atoms with van der Waals surface area (Å²) in [6, 6.07) is 4.49. The van der Waals surface area contributed by atoms with E-state index in [2.05, 4.69) is 15.6 Å². The van der Waals surface area contributed by atoms with E-state index in [1.54, 1.807) is 6.20 Å². The van der Waals surface area contributed by atoms with E-state index in [-0.39, 0.29) is 11.8 Å². The van der Waals surface area contributed by atoms with E-state index in [0.717, 1.165) is 24.3 Å². The zero-order chi connectivity index (χ0) is 14.5. The van der Waals surface area contributed by atoms with E-state index in [1.165, 1.54) is 44.9 Å². The molecule has 4 heteroatoms. The fourth-order valence-corrected chi connectivity index (χ4v) is 3.44. The molecule has 0 saturated heterocycles. The number of anilines is 2. The average Bonchev–Trinajstić information content (AvgIpc) is 3.03. The molecule has 2 fully saturated rings. The molecule has 0 radical (unpaired) electrons. The van der Waals surface area contributed by atoms with Crippen LogP contribution in [0.5, 0.6) is 0 Å². The van der Waals surface area contributed by atoms with Crippen molar-refractivity contribution in [2.24, 2.45) is 5.92 Å². The molecule has 0 aromatic carbocycles. The van der Waals surface area contributed by atoms with Gasteiger partial charge in [0.1, 0.15) is 5.82 Å². The fraction of sp³-hybridized carbons (Fsp3) is 0.647. The molecule has 0 aliphatic heterocycles. The molecule has 114 valence electrons.